The summed E-state index contributed by atoms with van der Waals surface area (Å²) in [6.07, 6.45) is 1.02. The maximum atomic E-state index is 5.97. The van der Waals surface area contributed by atoms with E-state index in [2.05, 4.69) is 37.3 Å². The zero-order chi connectivity index (χ0) is 12.2. The van der Waals surface area contributed by atoms with Gasteiger partial charge in [-0.1, -0.05) is 6.92 Å². The Morgan fingerprint density at radius 3 is 2.69 bits per heavy atom. The van der Waals surface area contributed by atoms with Gasteiger partial charge in [0.1, 0.15) is 0 Å². The van der Waals surface area contributed by atoms with Crippen molar-refractivity contribution >= 4 is 11.6 Å². The molecule has 1 heterocycles. The molecule has 0 aliphatic rings. The number of hydrogen-bond donors (Lipinski definition) is 1. The summed E-state index contributed by atoms with van der Waals surface area (Å²) in [5, 5.41) is 7.93. The van der Waals surface area contributed by atoms with E-state index in [4.69, 9.17) is 11.6 Å². The van der Waals surface area contributed by atoms with Gasteiger partial charge in [-0.15, -0.1) is 11.6 Å². The first-order valence-corrected chi connectivity index (χ1v) is 6.42. The smallest absolute Gasteiger partial charge is 0.0597 e. The Morgan fingerprint density at radius 2 is 2.19 bits per heavy atom. The van der Waals surface area contributed by atoms with Crippen molar-refractivity contribution in [1.29, 1.82) is 0 Å². The molecule has 1 unspecified atom stereocenters. The molecule has 0 fully saturated rings. The lowest BCUT2D eigenvalue weighted by Gasteiger charge is -2.27. The number of aryl methyl sites for hydroxylation is 2. The van der Waals surface area contributed by atoms with Gasteiger partial charge in [-0.05, 0) is 33.3 Å². The van der Waals surface area contributed by atoms with Crippen molar-refractivity contribution in [3.8, 4) is 0 Å². The Hall–Kier alpha value is -0.540. The predicted octanol–water partition coefficient (Wildman–Crippen LogP) is 2.71. The van der Waals surface area contributed by atoms with Crippen LogP contribution < -0.4 is 5.32 Å². The predicted molar refractivity (Wildman–Crippen MR) is 68.9 cm³/mol. The van der Waals surface area contributed by atoms with Crippen LogP contribution in [-0.2, 0) is 13.1 Å². The summed E-state index contributed by atoms with van der Waals surface area (Å²) in [4.78, 5) is 0. The monoisotopic (exact) mass is 243 g/mol. The van der Waals surface area contributed by atoms with E-state index in [0.29, 0.717) is 5.88 Å². The summed E-state index contributed by atoms with van der Waals surface area (Å²) in [7, 11) is 0. The van der Waals surface area contributed by atoms with Crippen molar-refractivity contribution in [2.75, 3.05) is 5.88 Å². The van der Waals surface area contributed by atoms with Crippen LogP contribution in [0.4, 0.5) is 0 Å². The maximum absolute atomic E-state index is 5.97. The topological polar surface area (TPSA) is 29.9 Å². The fraction of sp³-hybridized carbons (Fsp3) is 0.750. The van der Waals surface area contributed by atoms with Crippen LogP contribution in [0, 0.1) is 6.92 Å². The molecule has 0 spiro atoms. The van der Waals surface area contributed by atoms with Gasteiger partial charge in [0.05, 0.1) is 11.4 Å². The average molecular weight is 244 g/mol. The van der Waals surface area contributed by atoms with Gasteiger partial charge in [0, 0.05) is 24.5 Å². The molecule has 3 nitrogen and oxygen atoms in total. The van der Waals surface area contributed by atoms with Crippen LogP contribution in [0.1, 0.15) is 38.6 Å². The molecular formula is C12H22ClN3. The summed E-state index contributed by atoms with van der Waals surface area (Å²) < 4.78 is 2.03. The lowest BCUT2D eigenvalue weighted by Crippen LogP contribution is -2.43. The molecule has 0 radical (unpaired) electrons. The number of halogens is 1. The maximum Gasteiger partial charge on any atom is 0.0597 e. The molecule has 16 heavy (non-hydrogen) atoms. The van der Waals surface area contributed by atoms with E-state index in [1.807, 2.05) is 11.6 Å². The van der Waals surface area contributed by atoms with Crippen LogP contribution in [0.15, 0.2) is 6.07 Å². The lowest BCUT2D eigenvalue weighted by molar-refractivity contribution is 0.372. The van der Waals surface area contributed by atoms with E-state index >= 15 is 0 Å². The van der Waals surface area contributed by atoms with Crippen LogP contribution in [0.3, 0.4) is 0 Å². The molecule has 0 aliphatic heterocycles. The van der Waals surface area contributed by atoms with Crippen molar-refractivity contribution < 1.29 is 0 Å². The molecule has 1 aromatic rings. The standard InChI is InChI=1S/C12H22ClN3/c1-5-12(4,9-13)14-8-11-7-10(3)15-16(11)6-2/h7,14H,5-6,8-9H2,1-4H3. The Balaban J connectivity index is 2.66. The highest BCUT2D eigenvalue weighted by atomic mass is 35.5. The van der Waals surface area contributed by atoms with Crippen molar-refractivity contribution in [2.24, 2.45) is 0 Å². The average Bonchev–Trinajstić information content (AvgIpc) is 2.66. The molecule has 1 rings (SSSR count). The SMILES string of the molecule is CCn1nc(C)cc1CNC(C)(CC)CCl. The minimum Gasteiger partial charge on any atom is -0.305 e. The molecular weight excluding hydrogens is 222 g/mol. The number of rotatable bonds is 6. The van der Waals surface area contributed by atoms with E-state index in [0.717, 1.165) is 25.2 Å². The first-order chi connectivity index (χ1) is 7.54. The van der Waals surface area contributed by atoms with Crippen LogP contribution in [0.25, 0.3) is 0 Å². The summed E-state index contributed by atoms with van der Waals surface area (Å²) in [5.41, 5.74) is 2.31. The third-order valence-corrected chi connectivity index (χ3v) is 3.65. The summed E-state index contributed by atoms with van der Waals surface area (Å²) in [6, 6.07) is 2.13. The molecule has 1 N–H and O–H groups in total. The second-order valence-corrected chi connectivity index (χ2v) is 4.76. The van der Waals surface area contributed by atoms with E-state index in [9.17, 15) is 0 Å². The quantitative estimate of drug-likeness (QED) is 0.779. The van der Waals surface area contributed by atoms with Gasteiger partial charge in [0.15, 0.2) is 0 Å². The Morgan fingerprint density at radius 1 is 1.50 bits per heavy atom. The second-order valence-electron chi connectivity index (χ2n) is 4.49. The number of aromatic nitrogens is 2. The first-order valence-electron chi connectivity index (χ1n) is 5.89. The second kappa shape index (κ2) is 5.69. The van der Waals surface area contributed by atoms with Crippen molar-refractivity contribution in [3.63, 3.8) is 0 Å². The first kappa shape index (κ1) is 13.5. The zero-order valence-electron chi connectivity index (χ0n) is 10.7. The van der Waals surface area contributed by atoms with Gasteiger partial charge in [0.25, 0.3) is 0 Å². The minimum absolute atomic E-state index is 0.0122. The van der Waals surface area contributed by atoms with Crippen molar-refractivity contribution in [1.82, 2.24) is 15.1 Å². The number of nitrogens with zero attached hydrogens (tertiary/aromatic N) is 2. The number of alkyl halides is 1. The van der Waals surface area contributed by atoms with Crippen LogP contribution in [0.2, 0.25) is 0 Å². The molecule has 1 aromatic heterocycles. The Kier molecular flexibility index (Phi) is 4.81. The molecule has 4 heteroatoms. The molecule has 0 aliphatic carbocycles. The van der Waals surface area contributed by atoms with Crippen LogP contribution in [0.5, 0.6) is 0 Å². The number of nitrogens with one attached hydrogen (secondary N) is 1. The lowest BCUT2D eigenvalue weighted by atomic mass is 10.0. The third-order valence-electron chi connectivity index (χ3n) is 3.06. The number of hydrogen-bond acceptors (Lipinski definition) is 2. The van der Waals surface area contributed by atoms with E-state index < -0.39 is 0 Å². The largest absolute Gasteiger partial charge is 0.305 e. The van der Waals surface area contributed by atoms with E-state index in [1.165, 1.54) is 5.69 Å². The van der Waals surface area contributed by atoms with Gasteiger partial charge >= 0.3 is 0 Å². The van der Waals surface area contributed by atoms with Gasteiger partial charge < -0.3 is 5.32 Å². The van der Waals surface area contributed by atoms with Crippen molar-refractivity contribution in [3.05, 3.63) is 17.5 Å². The molecule has 0 amide bonds. The summed E-state index contributed by atoms with van der Waals surface area (Å²) in [6.45, 7) is 10.2. The van der Waals surface area contributed by atoms with Gasteiger partial charge in [-0.3, -0.25) is 4.68 Å². The molecule has 1 atom stereocenters. The fourth-order valence-electron chi connectivity index (χ4n) is 1.59. The summed E-state index contributed by atoms with van der Waals surface area (Å²) >= 11 is 5.97. The van der Waals surface area contributed by atoms with Crippen LogP contribution >= 0.6 is 11.6 Å². The highest BCUT2D eigenvalue weighted by molar-refractivity contribution is 6.18. The van der Waals surface area contributed by atoms with Gasteiger partial charge in [0.2, 0.25) is 0 Å². The normalized spacial score (nSPS) is 15.1. The van der Waals surface area contributed by atoms with Gasteiger partial charge in [-0.2, -0.15) is 5.10 Å². The summed E-state index contributed by atoms with van der Waals surface area (Å²) in [5.74, 6) is 0.628. The molecule has 0 bridgehead atoms. The Labute approximate surface area is 103 Å². The molecule has 0 aromatic carbocycles. The van der Waals surface area contributed by atoms with E-state index in [1.54, 1.807) is 0 Å². The van der Waals surface area contributed by atoms with E-state index in [-0.39, 0.29) is 5.54 Å². The molecule has 92 valence electrons. The third kappa shape index (κ3) is 3.22. The highest BCUT2D eigenvalue weighted by Gasteiger charge is 2.20. The fourth-order valence-corrected chi connectivity index (χ4v) is 1.87. The minimum atomic E-state index is 0.0122. The van der Waals surface area contributed by atoms with Crippen molar-refractivity contribution in [2.45, 2.75) is 52.7 Å². The molecule has 0 saturated carbocycles. The molecule has 0 saturated heterocycles. The van der Waals surface area contributed by atoms with Gasteiger partial charge in [-0.25, -0.2) is 0 Å². The highest BCUT2D eigenvalue weighted by Crippen LogP contribution is 2.13. The zero-order valence-corrected chi connectivity index (χ0v) is 11.4. The Bertz CT molecular complexity index is 329. The van der Waals surface area contributed by atoms with Crippen LogP contribution in [-0.4, -0.2) is 21.2 Å².